The molecule has 0 radical (unpaired) electrons. The van der Waals surface area contributed by atoms with Crippen molar-refractivity contribution in [3.8, 4) is 0 Å². The van der Waals surface area contributed by atoms with Crippen molar-refractivity contribution in [2.45, 2.75) is 25.5 Å². The third kappa shape index (κ3) is 4.24. The molecule has 5 nitrogen and oxygen atoms in total. The number of benzene rings is 1. The standard InChI is InChI=1S/C17H20FN3O2/c18-15-4-2-1-3-13(15)5-6-14-11-21(9-10-23-14)12-16-17(22)20-8-7-19-16/h1-4,7-8,14H,5-6,9-12H2,(H,20,22). The first kappa shape index (κ1) is 15.8. The van der Waals surface area contributed by atoms with E-state index in [2.05, 4.69) is 14.9 Å². The van der Waals surface area contributed by atoms with Crippen molar-refractivity contribution in [2.24, 2.45) is 0 Å². The minimum Gasteiger partial charge on any atom is -0.376 e. The minimum atomic E-state index is -0.166. The molecule has 1 aromatic carbocycles. The Bertz CT molecular complexity index is 704. The third-order valence-electron chi connectivity index (χ3n) is 4.07. The van der Waals surface area contributed by atoms with Gasteiger partial charge in [0.15, 0.2) is 0 Å². The van der Waals surface area contributed by atoms with Gasteiger partial charge in [0.2, 0.25) is 0 Å². The molecule has 1 N–H and O–H groups in total. The van der Waals surface area contributed by atoms with Crippen molar-refractivity contribution in [1.29, 1.82) is 0 Å². The van der Waals surface area contributed by atoms with Crippen LogP contribution in [0.25, 0.3) is 0 Å². The van der Waals surface area contributed by atoms with Gasteiger partial charge in [-0.1, -0.05) is 18.2 Å². The molecule has 23 heavy (non-hydrogen) atoms. The van der Waals surface area contributed by atoms with E-state index in [0.717, 1.165) is 25.1 Å². The highest BCUT2D eigenvalue weighted by Gasteiger charge is 2.21. The molecule has 122 valence electrons. The summed E-state index contributed by atoms with van der Waals surface area (Å²) >= 11 is 0. The van der Waals surface area contributed by atoms with Crippen LogP contribution in [0.2, 0.25) is 0 Å². The van der Waals surface area contributed by atoms with E-state index >= 15 is 0 Å². The zero-order valence-electron chi connectivity index (χ0n) is 12.9. The van der Waals surface area contributed by atoms with Crippen LogP contribution >= 0.6 is 0 Å². The summed E-state index contributed by atoms with van der Waals surface area (Å²) in [5, 5.41) is 0. The van der Waals surface area contributed by atoms with Crippen LogP contribution in [-0.4, -0.2) is 40.7 Å². The molecule has 2 heterocycles. The maximum absolute atomic E-state index is 13.7. The lowest BCUT2D eigenvalue weighted by atomic mass is 10.1. The fourth-order valence-corrected chi connectivity index (χ4v) is 2.82. The lowest BCUT2D eigenvalue weighted by Crippen LogP contribution is -2.43. The Morgan fingerprint density at radius 1 is 1.39 bits per heavy atom. The number of aromatic nitrogens is 2. The van der Waals surface area contributed by atoms with E-state index in [9.17, 15) is 9.18 Å². The summed E-state index contributed by atoms with van der Waals surface area (Å²) in [5.74, 6) is -0.166. The highest BCUT2D eigenvalue weighted by molar-refractivity contribution is 5.17. The summed E-state index contributed by atoms with van der Waals surface area (Å²) < 4.78 is 19.4. The SMILES string of the molecule is O=c1[nH]ccnc1CN1CCOC(CCc2ccccc2F)C1. The first-order valence-corrected chi connectivity index (χ1v) is 7.82. The molecule has 3 rings (SSSR count). The number of morpholine rings is 1. The monoisotopic (exact) mass is 317 g/mol. The number of halogens is 1. The van der Waals surface area contributed by atoms with Crippen molar-refractivity contribution in [3.63, 3.8) is 0 Å². The zero-order chi connectivity index (χ0) is 16.1. The summed E-state index contributed by atoms with van der Waals surface area (Å²) in [5.41, 5.74) is 1.08. The van der Waals surface area contributed by atoms with E-state index in [4.69, 9.17) is 4.74 Å². The number of hydrogen-bond donors (Lipinski definition) is 1. The summed E-state index contributed by atoms with van der Waals surface area (Å²) in [6.07, 6.45) is 4.58. The number of hydrogen-bond acceptors (Lipinski definition) is 4. The van der Waals surface area contributed by atoms with Gasteiger partial charge in [0.05, 0.1) is 12.7 Å². The number of ether oxygens (including phenoxy) is 1. The van der Waals surface area contributed by atoms with Gasteiger partial charge in [0.25, 0.3) is 5.56 Å². The van der Waals surface area contributed by atoms with Crippen LogP contribution in [0.1, 0.15) is 17.7 Å². The van der Waals surface area contributed by atoms with Crippen LogP contribution in [0.5, 0.6) is 0 Å². The fraction of sp³-hybridized carbons (Fsp3) is 0.412. The Kier molecular flexibility index (Phi) is 5.15. The van der Waals surface area contributed by atoms with Crippen LogP contribution in [0, 0.1) is 5.82 Å². The average molecular weight is 317 g/mol. The molecule has 6 heteroatoms. The van der Waals surface area contributed by atoms with E-state index in [1.807, 2.05) is 12.1 Å². The first-order valence-electron chi connectivity index (χ1n) is 7.82. The molecule has 1 atom stereocenters. The Morgan fingerprint density at radius 3 is 3.09 bits per heavy atom. The van der Waals surface area contributed by atoms with Gasteiger partial charge in [-0.25, -0.2) is 4.39 Å². The summed E-state index contributed by atoms with van der Waals surface area (Å²) in [7, 11) is 0. The largest absolute Gasteiger partial charge is 0.376 e. The molecule has 1 aliphatic rings. The zero-order valence-corrected chi connectivity index (χ0v) is 12.9. The molecule has 1 fully saturated rings. The number of aryl methyl sites for hydroxylation is 1. The van der Waals surface area contributed by atoms with Crippen LogP contribution in [0.15, 0.2) is 41.5 Å². The van der Waals surface area contributed by atoms with Crippen molar-refractivity contribution >= 4 is 0 Å². The Hall–Kier alpha value is -2.05. The molecule has 1 saturated heterocycles. The van der Waals surface area contributed by atoms with Crippen LogP contribution in [0.3, 0.4) is 0 Å². The average Bonchev–Trinajstić information content (AvgIpc) is 2.57. The number of H-pyrrole nitrogens is 1. The van der Waals surface area contributed by atoms with Crippen LogP contribution < -0.4 is 5.56 Å². The van der Waals surface area contributed by atoms with Gasteiger partial charge in [-0.3, -0.25) is 14.7 Å². The molecule has 0 amide bonds. The van der Waals surface area contributed by atoms with Gasteiger partial charge >= 0.3 is 0 Å². The minimum absolute atomic E-state index is 0.0474. The van der Waals surface area contributed by atoms with Crippen molar-refractivity contribution in [3.05, 3.63) is 64.1 Å². The summed E-state index contributed by atoms with van der Waals surface area (Å²) in [4.78, 5) is 20.6. The second kappa shape index (κ2) is 7.48. The van der Waals surface area contributed by atoms with Gasteiger partial charge in [-0.2, -0.15) is 0 Å². The van der Waals surface area contributed by atoms with E-state index < -0.39 is 0 Å². The molecule has 1 aromatic heterocycles. The Balaban J connectivity index is 1.55. The number of aromatic amines is 1. The first-order chi connectivity index (χ1) is 11.2. The molecule has 0 spiro atoms. The quantitative estimate of drug-likeness (QED) is 0.913. The normalized spacial score (nSPS) is 18.9. The second-order valence-corrected chi connectivity index (χ2v) is 5.72. The predicted octanol–water partition coefficient (Wildman–Crippen LogP) is 1.74. The van der Waals surface area contributed by atoms with E-state index in [1.54, 1.807) is 12.3 Å². The molecule has 0 bridgehead atoms. The van der Waals surface area contributed by atoms with E-state index in [-0.39, 0.29) is 17.5 Å². The Morgan fingerprint density at radius 2 is 2.26 bits per heavy atom. The van der Waals surface area contributed by atoms with Gasteiger partial charge in [-0.15, -0.1) is 0 Å². The Labute approximate surface area is 134 Å². The van der Waals surface area contributed by atoms with Gasteiger partial charge < -0.3 is 9.72 Å². The fourth-order valence-electron chi connectivity index (χ4n) is 2.82. The van der Waals surface area contributed by atoms with Crippen molar-refractivity contribution < 1.29 is 9.13 Å². The van der Waals surface area contributed by atoms with Crippen molar-refractivity contribution in [1.82, 2.24) is 14.9 Å². The predicted molar refractivity (Wildman–Crippen MR) is 84.6 cm³/mol. The second-order valence-electron chi connectivity index (χ2n) is 5.72. The van der Waals surface area contributed by atoms with E-state index in [1.165, 1.54) is 12.3 Å². The van der Waals surface area contributed by atoms with Crippen LogP contribution in [0.4, 0.5) is 4.39 Å². The maximum atomic E-state index is 13.7. The molecule has 1 unspecified atom stereocenters. The lowest BCUT2D eigenvalue weighted by molar-refractivity contribution is -0.0351. The van der Waals surface area contributed by atoms with Gasteiger partial charge in [-0.05, 0) is 24.5 Å². The third-order valence-corrected chi connectivity index (χ3v) is 4.07. The molecule has 0 saturated carbocycles. The topological polar surface area (TPSA) is 58.2 Å². The highest BCUT2D eigenvalue weighted by Crippen LogP contribution is 2.15. The summed E-state index contributed by atoms with van der Waals surface area (Å²) in [6, 6.07) is 6.84. The molecule has 2 aromatic rings. The van der Waals surface area contributed by atoms with E-state index in [0.29, 0.717) is 25.3 Å². The number of rotatable bonds is 5. The number of nitrogens with one attached hydrogen (secondary N) is 1. The van der Waals surface area contributed by atoms with Crippen molar-refractivity contribution in [2.75, 3.05) is 19.7 Å². The van der Waals surface area contributed by atoms with Crippen LogP contribution in [-0.2, 0) is 17.7 Å². The van der Waals surface area contributed by atoms with Gasteiger partial charge in [0, 0.05) is 32.0 Å². The molecular formula is C17H20FN3O2. The molecule has 1 aliphatic heterocycles. The molecular weight excluding hydrogens is 297 g/mol. The molecule has 0 aliphatic carbocycles. The summed E-state index contributed by atoms with van der Waals surface area (Å²) in [6.45, 7) is 2.62. The maximum Gasteiger partial charge on any atom is 0.270 e. The highest BCUT2D eigenvalue weighted by atomic mass is 19.1. The lowest BCUT2D eigenvalue weighted by Gasteiger charge is -2.32. The number of nitrogens with zero attached hydrogens (tertiary/aromatic N) is 2. The van der Waals surface area contributed by atoms with Gasteiger partial charge in [0.1, 0.15) is 11.5 Å². The smallest absolute Gasteiger partial charge is 0.270 e.